The van der Waals surface area contributed by atoms with Gasteiger partial charge in [-0.3, -0.25) is 9.78 Å². The second kappa shape index (κ2) is 5.51. The Morgan fingerprint density at radius 3 is 2.56 bits per heavy atom. The van der Waals surface area contributed by atoms with Crippen LogP contribution in [0.3, 0.4) is 0 Å². The molecule has 0 fully saturated rings. The van der Waals surface area contributed by atoms with Gasteiger partial charge in [-0.25, -0.2) is 0 Å². The molecule has 1 heterocycles. The third-order valence-corrected chi connectivity index (χ3v) is 3.32. The third kappa shape index (κ3) is 3.35. The summed E-state index contributed by atoms with van der Waals surface area (Å²) >= 11 is 11.5. The molecule has 3 nitrogen and oxygen atoms in total. The fraction of sp³-hybridized carbons (Fsp3) is 0.455. The van der Waals surface area contributed by atoms with Gasteiger partial charge in [0.25, 0.3) is 5.91 Å². The molecule has 0 aliphatic heterocycles. The maximum absolute atomic E-state index is 11.9. The molecule has 1 rings (SSSR count). The Kier molecular flexibility index (Phi) is 4.56. The Bertz CT molecular complexity index is 378. The minimum absolute atomic E-state index is 0.208. The number of nitrogens with zero attached hydrogens (tertiary/aromatic N) is 1. The number of nitrogens with one attached hydrogen (secondary N) is 1. The first-order valence-electron chi connectivity index (χ1n) is 4.87. The van der Waals surface area contributed by atoms with Crippen LogP contribution in [0, 0.1) is 6.92 Å². The van der Waals surface area contributed by atoms with E-state index in [0.717, 1.165) is 5.56 Å². The molecule has 88 valence electrons. The van der Waals surface area contributed by atoms with Crippen molar-refractivity contribution in [2.24, 2.45) is 0 Å². The Hall–Kier alpha value is -0.800. The monoisotopic (exact) mass is 260 g/mol. The largest absolute Gasteiger partial charge is 0.344 e. The van der Waals surface area contributed by atoms with E-state index in [1.807, 2.05) is 6.92 Å². The number of amides is 1. The van der Waals surface area contributed by atoms with E-state index < -0.39 is 5.54 Å². The van der Waals surface area contributed by atoms with Gasteiger partial charge in [-0.2, -0.15) is 0 Å². The molecule has 0 aliphatic carbocycles. The minimum atomic E-state index is -0.593. The summed E-state index contributed by atoms with van der Waals surface area (Å²) in [7, 11) is 0. The van der Waals surface area contributed by atoms with Crippen LogP contribution in [0.2, 0.25) is 0 Å². The molecule has 16 heavy (non-hydrogen) atoms. The Labute approximate surface area is 105 Å². The number of aromatic nitrogens is 1. The molecule has 1 amide bonds. The quantitative estimate of drug-likeness (QED) is 0.845. The number of halogens is 2. The summed E-state index contributed by atoms with van der Waals surface area (Å²) in [6.07, 6.45) is 3.21. The van der Waals surface area contributed by atoms with Gasteiger partial charge in [0.2, 0.25) is 0 Å². The highest BCUT2D eigenvalue weighted by Crippen LogP contribution is 2.11. The lowest BCUT2D eigenvalue weighted by molar-refractivity contribution is 0.0921. The first-order valence-corrected chi connectivity index (χ1v) is 5.94. The molecule has 0 spiro atoms. The molecule has 0 aliphatic rings. The zero-order valence-electron chi connectivity index (χ0n) is 9.26. The molecule has 1 aromatic rings. The fourth-order valence-electron chi connectivity index (χ4n) is 1.13. The molecule has 0 radical (unpaired) electrons. The van der Waals surface area contributed by atoms with Crippen molar-refractivity contribution < 1.29 is 4.79 Å². The molecule has 1 aromatic heterocycles. The second-order valence-corrected chi connectivity index (χ2v) is 4.57. The van der Waals surface area contributed by atoms with Crippen LogP contribution in [0.1, 0.15) is 22.8 Å². The standard InChI is InChI=1S/C11H14Cl2N2O/c1-8-3-9(5-14-4-8)10(16)15-11(2,6-12)7-13/h3-5H,6-7H2,1-2H3,(H,15,16). The maximum Gasteiger partial charge on any atom is 0.253 e. The molecule has 1 N–H and O–H groups in total. The number of rotatable bonds is 4. The van der Waals surface area contributed by atoms with Crippen molar-refractivity contribution >= 4 is 29.1 Å². The molecule has 0 bridgehead atoms. The second-order valence-electron chi connectivity index (χ2n) is 4.03. The Balaban J connectivity index is 2.80. The summed E-state index contributed by atoms with van der Waals surface area (Å²) in [6, 6.07) is 1.77. The molecule has 0 unspecified atom stereocenters. The first-order chi connectivity index (χ1) is 7.50. The van der Waals surface area contributed by atoms with Crippen LogP contribution in [0.5, 0.6) is 0 Å². The highest BCUT2D eigenvalue weighted by atomic mass is 35.5. The van der Waals surface area contributed by atoms with Crippen LogP contribution >= 0.6 is 23.2 Å². The average molecular weight is 261 g/mol. The number of aryl methyl sites for hydroxylation is 1. The van der Waals surface area contributed by atoms with Gasteiger partial charge in [-0.1, -0.05) is 0 Å². The lowest BCUT2D eigenvalue weighted by Gasteiger charge is -2.25. The normalized spacial score (nSPS) is 11.2. The van der Waals surface area contributed by atoms with Gasteiger partial charge in [0.15, 0.2) is 0 Å². The molecular weight excluding hydrogens is 247 g/mol. The lowest BCUT2D eigenvalue weighted by Crippen LogP contribution is -2.49. The SMILES string of the molecule is Cc1cncc(C(=O)NC(C)(CCl)CCl)c1. The summed E-state index contributed by atoms with van der Waals surface area (Å²) in [6.45, 7) is 3.68. The zero-order chi connectivity index (χ0) is 12.2. The summed E-state index contributed by atoms with van der Waals surface area (Å²) in [5, 5.41) is 2.79. The minimum Gasteiger partial charge on any atom is -0.344 e. The fourth-order valence-corrected chi connectivity index (χ4v) is 1.55. The van der Waals surface area contributed by atoms with E-state index in [0.29, 0.717) is 5.56 Å². The van der Waals surface area contributed by atoms with Gasteiger partial charge in [-0.15, -0.1) is 23.2 Å². The third-order valence-electron chi connectivity index (χ3n) is 2.14. The van der Waals surface area contributed by atoms with E-state index in [1.54, 1.807) is 19.2 Å². The Morgan fingerprint density at radius 2 is 2.06 bits per heavy atom. The van der Waals surface area contributed by atoms with E-state index in [1.165, 1.54) is 6.20 Å². The number of alkyl halides is 2. The van der Waals surface area contributed by atoms with Crippen LogP contribution in [0.25, 0.3) is 0 Å². The molecular formula is C11H14Cl2N2O. The van der Waals surface area contributed by atoms with Crippen molar-refractivity contribution in [3.8, 4) is 0 Å². The van der Waals surface area contributed by atoms with Gasteiger partial charge >= 0.3 is 0 Å². The number of pyridine rings is 1. The van der Waals surface area contributed by atoms with Crippen molar-refractivity contribution in [3.63, 3.8) is 0 Å². The highest BCUT2D eigenvalue weighted by Gasteiger charge is 2.24. The summed E-state index contributed by atoms with van der Waals surface area (Å²) in [5.41, 5.74) is 0.858. The number of carbonyl (C=O) groups excluding carboxylic acids is 1. The maximum atomic E-state index is 11.9. The lowest BCUT2D eigenvalue weighted by atomic mass is 10.1. The zero-order valence-corrected chi connectivity index (χ0v) is 10.8. The van der Waals surface area contributed by atoms with E-state index in [9.17, 15) is 4.79 Å². The van der Waals surface area contributed by atoms with Crippen LogP contribution in [-0.2, 0) is 0 Å². The summed E-state index contributed by atoms with van der Waals surface area (Å²) in [5.74, 6) is 0.322. The van der Waals surface area contributed by atoms with Gasteiger partial charge in [0.05, 0.1) is 11.1 Å². The van der Waals surface area contributed by atoms with E-state index in [2.05, 4.69) is 10.3 Å². The van der Waals surface area contributed by atoms with Crippen molar-refractivity contribution in [3.05, 3.63) is 29.6 Å². The van der Waals surface area contributed by atoms with E-state index >= 15 is 0 Å². The van der Waals surface area contributed by atoms with E-state index in [-0.39, 0.29) is 17.7 Å². The topological polar surface area (TPSA) is 42.0 Å². The van der Waals surface area contributed by atoms with Crippen molar-refractivity contribution in [2.75, 3.05) is 11.8 Å². The smallest absolute Gasteiger partial charge is 0.253 e. The van der Waals surface area contributed by atoms with E-state index in [4.69, 9.17) is 23.2 Å². The summed E-state index contributed by atoms with van der Waals surface area (Å²) in [4.78, 5) is 15.8. The van der Waals surface area contributed by atoms with Crippen LogP contribution in [0.15, 0.2) is 18.5 Å². The number of hydrogen-bond donors (Lipinski definition) is 1. The molecule has 0 saturated heterocycles. The predicted molar refractivity (Wildman–Crippen MR) is 66.3 cm³/mol. The Morgan fingerprint density at radius 1 is 1.44 bits per heavy atom. The van der Waals surface area contributed by atoms with Gasteiger partial charge < -0.3 is 5.32 Å². The molecule has 0 atom stereocenters. The van der Waals surface area contributed by atoms with Crippen molar-refractivity contribution in [1.82, 2.24) is 10.3 Å². The average Bonchev–Trinajstić information content (AvgIpc) is 2.29. The van der Waals surface area contributed by atoms with Crippen LogP contribution in [0.4, 0.5) is 0 Å². The van der Waals surface area contributed by atoms with Gasteiger partial charge in [0.1, 0.15) is 0 Å². The predicted octanol–water partition coefficient (Wildman–Crippen LogP) is 2.36. The van der Waals surface area contributed by atoms with Crippen molar-refractivity contribution in [2.45, 2.75) is 19.4 Å². The first kappa shape index (κ1) is 13.3. The summed E-state index contributed by atoms with van der Waals surface area (Å²) < 4.78 is 0. The van der Waals surface area contributed by atoms with Crippen LogP contribution < -0.4 is 5.32 Å². The number of hydrogen-bond acceptors (Lipinski definition) is 2. The highest BCUT2D eigenvalue weighted by molar-refractivity contribution is 6.22. The van der Waals surface area contributed by atoms with Crippen molar-refractivity contribution in [1.29, 1.82) is 0 Å². The molecule has 0 saturated carbocycles. The van der Waals surface area contributed by atoms with Gasteiger partial charge in [0, 0.05) is 24.2 Å². The van der Waals surface area contributed by atoms with Gasteiger partial charge in [-0.05, 0) is 25.5 Å². The molecule has 5 heteroatoms. The van der Waals surface area contributed by atoms with Crippen LogP contribution in [-0.4, -0.2) is 28.2 Å². The molecule has 0 aromatic carbocycles. The number of carbonyl (C=O) groups is 1.